The molecule has 8 heteroatoms. The van der Waals surface area contributed by atoms with Crippen LogP contribution in [0.3, 0.4) is 0 Å². The third-order valence-corrected chi connectivity index (χ3v) is 7.76. The Morgan fingerprint density at radius 2 is 1.77 bits per heavy atom. The van der Waals surface area contributed by atoms with Gasteiger partial charge in [-0.15, -0.1) is 0 Å². The molecule has 0 unspecified atom stereocenters. The summed E-state index contributed by atoms with van der Waals surface area (Å²) < 4.78 is 29.2. The Labute approximate surface area is 158 Å². The van der Waals surface area contributed by atoms with Crippen LogP contribution in [-0.4, -0.2) is 83.3 Å². The van der Waals surface area contributed by atoms with Gasteiger partial charge in [0.25, 0.3) is 0 Å². The maximum atomic E-state index is 12.3. The molecule has 2 N–H and O–H groups in total. The molecule has 0 atom stereocenters. The van der Waals surface area contributed by atoms with Crippen LogP contribution in [0.15, 0.2) is 4.99 Å². The number of nitrogens with one attached hydrogen (secondary N) is 2. The van der Waals surface area contributed by atoms with Crippen molar-refractivity contribution in [2.45, 2.75) is 49.7 Å². The van der Waals surface area contributed by atoms with Gasteiger partial charge in [0.15, 0.2) is 15.8 Å². The van der Waals surface area contributed by atoms with Gasteiger partial charge in [0.2, 0.25) is 0 Å². The number of likely N-dealkylation sites (tertiary alicyclic amines) is 1. The first-order valence-corrected chi connectivity index (χ1v) is 11.8. The summed E-state index contributed by atoms with van der Waals surface area (Å²) in [5, 5.41) is 6.54. The summed E-state index contributed by atoms with van der Waals surface area (Å²) >= 11 is 0. The third-order valence-electron chi connectivity index (χ3n) is 5.63. The maximum absolute atomic E-state index is 12.3. The molecule has 2 aliphatic rings. The van der Waals surface area contributed by atoms with Gasteiger partial charge < -0.3 is 20.3 Å². The van der Waals surface area contributed by atoms with Crippen molar-refractivity contribution in [1.29, 1.82) is 0 Å². The Hall–Kier alpha value is -0.860. The molecule has 0 radical (unpaired) electrons. The Bertz CT molecular complexity index is 537. The average Bonchev–Trinajstić information content (AvgIpc) is 2.90. The minimum absolute atomic E-state index is 0.376. The molecule has 2 heterocycles. The van der Waals surface area contributed by atoms with Crippen LogP contribution in [0.4, 0.5) is 0 Å². The lowest BCUT2D eigenvalue weighted by Gasteiger charge is -2.35. The van der Waals surface area contributed by atoms with Gasteiger partial charge in [0, 0.05) is 39.6 Å². The van der Waals surface area contributed by atoms with Gasteiger partial charge in [0.05, 0.1) is 4.75 Å². The molecule has 2 fully saturated rings. The highest BCUT2D eigenvalue weighted by atomic mass is 32.2. The van der Waals surface area contributed by atoms with Crippen molar-refractivity contribution < 1.29 is 13.2 Å². The van der Waals surface area contributed by atoms with Crippen molar-refractivity contribution in [1.82, 2.24) is 15.5 Å². The summed E-state index contributed by atoms with van der Waals surface area (Å²) in [6, 6.07) is 0. The lowest BCUT2D eigenvalue weighted by Crippen LogP contribution is -2.53. The average molecular weight is 389 g/mol. The van der Waals surface area contributed by atoms with Crippen molar-refractivity contribution >= 4 is 15.8 Å². The predicted octanol–water partition coefficient (Wildman–Crippen LogP) is 1.01. The first-order chi connectivity index (χ1) is 12.5. The fraction of sp³-hybridized carbons (Fsp3) is 0.944. The second-order valence-corrected chi connectivity index (χ2v) is 9.94. The highest BCUT2D eigenvalue weighted by Crippen LogP contribution is 2.28. The summed E-state index contributed by atoms with van der Waals surface area (Å²) in [4.78, 5) is 6.79. The summed E-state index contributed by atoms with van der Waals surface area (Å²) in [5.74, 6) is 0.676. The van der Waals surface area contributed by atoms with Crippen LogP contribution in [0.2, 0.25) is 0 Å². The molecular weight excluding hydrogens is 352 g/mol. The van der Waals surface area contributed by atoms with Crippen LogP contribution in [0.1, 0.15) is 44.9 Å². The number of aliphatic imine (C=N–C) groups is 1. The second kappa shape index (κ2) is 10.5. The highest BCUT2D eigenvalue weighted by molar-refractivity contribution is 7.92. The predicted molar refractivity (Wildman–Crippen MR) is 107 cm³/mol. The molecule has 2 aliphatic heterocycles. The molecule has 0 aromatic carbocycles. The molecule has 26 heavy (non-hydrogen) atoms. The van der Waals surface area contributed by atoms with E-state index in [1.54, 1.807) is 7.05 Å². The molecule has 0 saturated carbocycles. The Kier molecular flexibility index (Phi) is 8.63. The normalized spacial score (nSPS) is 22.6. The van der Waals surface area contributed by atoms with Crippen molar-refractivity contribution in [3.8, 4) is 0 Å². The standard InChI is InChI=1S/C18H36N4O3S/c1-19-17(20-10-7-13-22-11-5-3-4-6-12-22)21-16-18(26(2,23)24)8-14-25-15-9-18/h3-16H2,1-2H3,(H2,19,20,21). The van der Waals surface area contributed by atoms with E-state index in [4.69, 9.17) is 4.74 Å². The molecule has 2 saturated heterocycles. The topological polar surface area (TPSA) is 83.0 Å². The van der Waals surface area contributed by atoms with Gasteiger partial charge in [0.1, 0.15) is 0 Å². The zero-order valence-corrected chi connectivity index (χ0v) is 17.2. The Morgan fingerprint density at radius 1 is 1.12 bits per heavy atom. The number of guanidine groups is 1. The fourth-order valence-electron chi connectivity index (χ4n) is 3.76. The van der Waals surface area contributed by atoms with E-state index < -0.39 is 14.6 Å². The molecule has 152 valence electrons. The maximum Gasteiger partial charge on any atom is 0.191 e. The van der Waals surface area contributed by atoms with Gasteiger partial charge in [-0.1, -0.05) is 12.8 Å². The molecule has 0 bridgehead atoms. The molecule has 0 aliphatic carbocycles. The van der Waals surface area contributed by atoms with Crippen LogP contribution >= 0.6 is 0 Å². The number of sulfone groups is 1. The monoisotopic (exact) mass is 388 g/mol. The molecule has 0 aromatic heterocycles. The number of hydrogen-bond acceptors (Lipinski definition) is 5. The van der Waals surface area contributed by atoms with Crippen LogP contribution in [0.25, 0.3) is 0 Å². The van der Waals surface area contributed by atoms with Crippen molar-refractivity contribution in [3.05, 3.63) is 0 Å². The van der Waals surface area contributed by atoms with E-state index >= 15 is 0 Å². The second-order valence-electron chi connectivity index (χ2n) is 7.53. The van der Waals surface area contributed by atoms with Gasteiger partial charge in [-0.25, -0.2) is 8.42 Å². The minimum Gasteiger partial charge on any atom is -0.381 e. The van der Waals surface area contributed by atoms with Gasteiger partial charge in [-0.2, -0.15) is 0 Å². The molecule has 2 rings (SSSR count). The highest BCUT2D eigenvalue weighted by Gasteiger charge is 2.42. The minimum atomic E-state index is -3.17. The quantitative estimate of drug-likeness (QED) is 0.385. The van der Waals surface area contributed by atoms with Crippen LogP contribution in [0, 0.1) is 0 Å². The van der Waals surface area contributed by atoms with Gasteiger partial charge in [-0.3, -0.25) is 4.99 Å². The lowest BCUT2D eigenvalue weighted by molar-refractivity contribution is 0.0756. The van der Waals surface area contributed by atoms with E-state index in [1.807, 2.05) is 0 Å². The zero-order chi connectivity index (χ0) is 18.9. The summed E-state index contributed by atoms with van der Waals surface area (Å²) in [5.41, 5.74) is 0. The Balaban J connectivity index is 1.74. The van der Waals surface area contributed by atoms with Crippen LogP contribution in [0.5, 0.6) is 0 Å². The van der Waals surface area contributed by atoms with E-state index in [9.17, 15) is 8.42 Å². The largest absolute Gasteiger partial charge is 0.381 e. The summed E-state index contributed by atoms with van der Waals surface area (Å²) in [6.45, 7) is 5.74. The van der Waals surface area contributed by atoms with E-state index in [1.165, 1.54) is 45.0 Å². The summed E-state index contributed by atoms with van der Waals surface area (Å²) in [7, 11) is -1.44. The van der Waals surface area contributed by atoms with Gasteiger partial charge >= 0.3 is 0 Å². The molecule has 0 amide bonds. The zero-order valence-electron chi connectivity index (χ0n) is 16.4. The van der Waals surface area contributed by atoms with E-state index in [2.05, 4.69) is 20.5 Å². The number of nitrogens with zero attached hydrogens (tertiary/aromatic N) is 2. The molecule has 7 nitrogen and oxygen atoms in total. The molecule has 0 aromatic rings. The van der Waals surface area contributed by atoms with Crippen LogP contribution < -0.4 is 10.6 Å². The first kappa shape index (κ1) is 21.4. The Morgan fingerprint density at radius 3 is 2.35 bits per heavy atom. The molecule has 0 spiro atoms. The SMILES string of the molecule is CN=C(NCCCN1CCCCCC1)NCC1(S(C)(=O)=O)CCOCC1. The lowest BCUT2D eigenvalue weighted by atomic mass is 9.99. The number of rotatable bonds is 7. The van der Waals surface area contributed by atoms with E-state index in [0.717, 1.165) is 19.5 Å². The smallest absolute Gasteiger partial charge is 0.191 e. The first-order valence-electron chi connectivity index (χ1n) is 9.91. The van der Waals surface area contributed by atoms with Crippen molar-refractivity contribution in [2.24, 2.45) is 4.99 Å². The fourth-order valence-corrected chi connectivity index (χ4v) is 5.00. The van der Waals surface area contributed by atoms with Crippen molar-refractivity contribution in [3.63, 3.8) is 0 Å². The molecular formula is C18H36N4O3S. The van der Waals surface area contributed by atoms with Gasteiger partial charge in [-0.05, 0) is 51.7 Å². The number of ether oxygens (including phenoxy) is 1. The van der Waals surface area contributed by atoms with E-state index in [0.29, 0.717) is 38.6 Å². The summed E-state index contributed by atoms with van der Waals surface area (Å²) in [6.07, 6.45) is 8.80. The number of hydrogen-bond donors (Lipinski definition) is 2. The van der Waals surface area contributed by atoms with Crippen LogP contribution in [-0.2, 0) is 14.6 Å². The third kappa shape index (κ3) is 6.39. The van der Waals surface area contributed by atoms with Crippen molar-refractivity contribution in [2.75, 3.05) is 59.2 Å². The van der Waals surface area contributed by atoms with E-state index in [-0.39, 0.29) is 0 Å².